The van der Waals surface area contributed by atoms with Crippen molar-refractivity contribution < 1.29 is 28.7 Å². The maximum absolute atomic E-state index is 13.5. The number of benzene rings is 3. The second-order valence-electron chi connectivity index (χ2n) is 8.96. The number of primary amides is 1. The predicted octanol–water partition coefficient (Wildman–Crippen LogP) is 1.95. The number of hydrogen-bond donors (Lipinski definition) is 4. The Morgan fingerprint density at radius 3 is 2.29 bits per heavy atom. The number of hydrogen-bond acceptors (Lipinski definition) is 9. The van der Waals surface area contributed by atoms with Gasteiger partial charge in [-0.2, -0.15) is 5.10 Å². The molecule has 212 valence electrons. The number of urea groups is 1. The summed E-state index contributed by atoms with van der Waals surface area (Å²) in [5.74, 6) is -6.08. The summed E-state index contributed by atoms with van der Waals surface area (Å²) < 4.78 is 4.70. The fraction of sp³-hybridized carbons (Fsp3) is 0.103. The van der Waals surface area contributed by atoms with E-state index in [0.717, 1.165) is 12.7 Å². The summed E-state index contributed by atoms with van der Waals surface area (Å²) >= 11 is 0. The van der Waals surface area contributed by atoms with Crippen molar-refractivity contribution >= 4 is 51.9 Å². The molecule has 4 aromatic rings. The van der Waals surface area contributed by atoms with E-state index < -0.39 is 46.6 Å². The third-order valence-electron chi connectivity index (χ3n) is 6.04. The number of hydrazone groups is 1. The van der Waals surface area contributed by atoms with Gasteiger partial charge < -0.3 is 20.8 Å². The molecule has 13 nitrogen and oxygen atoms in total. The molecule has 0 saturated carbocycles. The number of rotatable bonds is 9. The number of Topliss-reactive ketones (excluding diaryl/α,β-unsaturated/α-hetero) is 1. The van der Waals surface area contributed by atoms with E-state index in [-0.39, 0.29) is 28.1 Å². The highest BCUT2D eigenvalue weighted by Gasteiger charge is 2.39. The van der Waals surface area contributed by atoms with Crippen LogP contribution in [-0.2, 0) is 19.1 Å². The molecule has 0 bridgehead atoms. The number of aryl methyl sites for hydroxylation is 1. The van der Waals surface area contributed by atoms with Crippen molar-refractivity contribution in [3.63, 3.8) is 0 Å². The molecule has 0 aliphatic carbocycles. The van der Waals surface area contributed by atoms with Crippen LogP contribution in [0.25, 0.3) is 11.0 Å². The number of nitrogens with zero attached hydrogens (tertiary/aromatic N) is 2. The van der Waals surface area contributed by atoms with E-state index >= 15 is 0 Å². The molecule has 1 aromatic heterocycles. The number of methoxy groups -OCH3 is 1. The average Bonchev–Trinajstić information content (AvgIpc) is 2.99. The normalized spacial score (nSPS) is 11.8. The van der Waals surface area contributed by atoms with Crippen molar-refractivity contribution in [2.24, 2.45) is 10.8 Å². The van der Waals surface area contributed by atoms with Crippen LogP contribution in [0.3, 0.4) is 0 Å². The second kappa shape index (κ2) is 12.5. The fourth-order valence-corrected chi connectivity index (χ4v) is 3.98. The van der Waals surface area contributed by atoms with Crippen LogP contribution in [0.1, 0.15) is 33.1 Å². The Hall–Kier alpha value is -5.98. The van der Waals surface area contributed by atoms with Crippen LogP contribution < -0.4 is 22.0 Å². The average molecular weight is 569 g/mol. The first-order valence-corrected chi connectivity index (χ1v) is 12.4. The number of carbonyl (C=O) groups is 5. The van der Waals surface area contributed by atoms with Gasteiger partial charge in [0.15, 0.2) is 11.5 Å². The minimum Gasteiger partial charge on any atom is -0.464 e. The number of nitrogens with one attached hydrogen (secondary N) is 3. The Morgan fingerprint density at radius 1 is 0.952 bits per heavy atom. The molecule has 5 N–H and O–H groups in total. The topological polar surface area (TPSA) is 203 Å². The van der Waals surface area contributed by atoms with E-state index in [9.17, 15) is 28.8 Å². The molecule has 0 aliphatic rings. The van der Waals surface area contributed by atoms with Crippen LogP contribution in [0, 0.1) is 6.92 Å². The molecule has 13 heteroatoms. The maximum Gasteiger partial charge on any atom is 0.355 e. The number of nitrogens with two attached hydrogens (primary N) is 1. The number of ketones is 2. The molecule has 1 heterocycles. The van der Waals surface area contributed by atoms with Crippen molar-refractivity contribution in [3.8, 4) is 0 Å². The third-order valence-corrected chi connectivity index (χ3v) is 6.04. The fourth-order valence-electron chi connectivity index (χ4n) is 3.98. The highest BCUT2D eigenvalue weighted by Crippen LogP contribution is 2.21. The van der Waals surface area contributed by atoms with Crippen LogP contribution >= 0.6 is 0 Å². The Labute approximate surface area is 237 Å². The van der Waals surface area contributed by atoms with Crippen LogP contribution in [0.4, 0.5) is 10.5 Å². The Balaban J connectivity index is 1.81. The van der Waals surface area contributed by atoms with E-state index in [4.69, 9.17) is 10.5 Å². The molecular weight excluding hydrogens is 544 g/mol. The van der Waals surface area contributed by atoms with Crippen molar-refractivity contribution in [1.82, 2.24) is 15.4 Å². The van der Waals surface area contributed by atoms with E-state index in [1.165, 1.54) is 18.2 Å². The Kier molecular flexibility index (Phi) is 8.61. The number of aromatic amines is 1. The van der Waals surface area contributed by atoms with Crippen molar-refractivity contribution in [1.29, 1.82) is 0 Å². The molecule has 42 heavy (non-hydrogen) atoms. The smallest absolute Gasteiger partial charge is 0.355 e. The SMILES string of the molecule is COC(=O)/C(=N/NC(N)=O)C(C(=O)C(=O)Nc1ccc(C)cc1)c1nc2ccc(C(=O)c3ccccc3)cc2[nH]c1=O. The van der Waals surface area contributed by atoms with Crippen molar-refractivity contribution in [3.05, 3.63) is 106 Å². The van der Waals surface area contributed by atoms with Gasteiger partial charge in [-0.3, -0.25) is 19.2 Å². The lowest BCUT2D eigenvalue weighted by Gasteiger charge is -2.16. The number of aromatic nitrogens is 2. The Bertz CT molecular complexity index is 1800. The number of anilines is 1. The van der Waals surface area contributed by atoms with Crippen LogP contribution in [0.5, 0.6) is 0 Å². The van der Waals surface area contributed by atoms with E-state index in [0.29, 0.717) is 5.56 Å². The number of H-pyrrole nitrogens is 1. The highest BCUT2D eigenvalue weighted by atomic mass is 16.5. The molecule has 3 aromatic carbocycles. The van der Waals surface area contributed by atoms with Crippen molar-refractivity contribution in [2.75, 3.05) is 12.4 Å². The van der Waals surface area contributed by atoms with Crippen LogP contribution in [0.15, 0.2) is 82.7 Å². The second-order valence-corrected chi connectivity index (χ2v) is 8.96. The molecule has 0 spiro atoms. The summed E-state index contributed by atoms with van der Waals surface area (Å²) in [7, 11) is 0.972. The third kappa shape index (κ3) is 6.42. The van der Waals surface area contributed by atoms with E-state index in [1.807, 2.05) is 12.3 Å². The summed E-state index contributed by atoms with van der Waals surface area (Å²) in [4.78, 5) is 83.6. The van der Waals surface area contributed by atoms with Gasteiger partial charge in [0, 0.05) is 16.8 Å². The molecular formula is C29H24N6O7. The molecule has 0 fully saturated rings. The number of fused-ring (bicyclic) bond motifs is 1. The zero-order chi connectivity index (χ0) is 30.4. The van der Waals surface area contributed by atoms with Gasteiger partial charge in [-0.15, -0.1) is 0 Å². The lowest BCUT2D eigenvalue weighted by atomic mass is 9.93. The zero-order valence-electron chi connectivity index (χ0n) is 22.3. The van der Waals surface area contributed by atoms with Crippen molar-refractivity contribution in [2.45, 2.75) is 12.8 Å². The molecule has 0 radical (unpaired) electrons. The predicted molar refractivity (Wildman–Crippen MR) is 152 cm³/mol. The first-order chi connectivity index (χ1) is 20.1. The van der Waals surface area contributed by atoms with Gasteiger partial charge in [-0.05, 0) is 37.3 Å². The highest BCUT2D eigenvalue weighted by molar-refractivity contribution is 6.53. The zero-order valence-corrected chi connectivity index (χ0v) is 22.3. The van der Waals surface area contributed by atoms with Gasteiger partial charge >= 0.3 is 12.0 Å². The standard InChI is InChI=1S/C29H24N6O7/c1-15-8-11-18(12-9-15)31-27(39)25(37)21(23(28(40)42-2)34-35-29(30)41)22-26(38)33-20-14-17(10-13-19(20)32-22)24(36)16-6-4-3-5-7-16/h3-14,21H,1-2H3,(H,31,39)(H,33,38)(H3,30,35,41)/b34-23+. The number of carbonyl (C=O) groups excluding carboxylic acids is 5. The molecule has 4 rings (SSSR count). The van der Waals surface area contributed by atoms with Gasteiger partial charge in [-0.25, -0.2) is 20.0 Å². The minimum atomic E-state index is -2.02. The summed E-state index contributed by atoms with van der Waals surface area (Å²) in [6.45, 7) is 1.83. The number of ether oxygens (including phenoxy) is 1. The lowest BCUT2D eigenvalue weighted by Crippen LogP contribution is -2.41. The Morgan fingerprint density at radius 2 is 1.64 bits per heavy atom. The largest absolute Gasteiger partial charge is 0.464 e. The van der Waals surface area contributed by atoms with Crippen LogP contribution in [0.2, 0.25) is 0 Å². The molecule has 0 saturated heterocycles. The summed E-state index contributed by atoms with van der Waals surface area (Å²) in [6, 6.07) is 18.1. The maximum atomic E-state index is 13.5. The first kappa shape index (κ1) is 29.0. The lowest BCUT2D eigenvalue weighted by molar-refractivity contribution is -0.136. The van der Waals surface area contributed by atoms with E-state index in [2.05, 4.69) is 20.4 Å². The summed E-state index contributed by atoms with van der Waals surface area (Å²) in [6.07, 6.45) is 0. The molecule has 1 atom stereocenters. The quantitative estimate of drug-likeness (QED) is 0.0770. The number of esters is 1. The minimum absolute atomic E-state index is 0.123. The van der Waals surface area contributed by atoms with E-state index in [1.54, 1.807) is 54.6 Å². The molecule has 1 unspecified atom stereocenters. The molecule has 3 amide bonds. The summed E-state index contributed by atoms with van der Waals surface area (Å²) in [5, 5.41) is 5.97. The van der Waals surface area contributed by atoms with Gasteiger partial charge in [-0.1, -0.05) is 48.0 Å². The van der Waals surface area contributed by atoms with Gasteiger partial charge in [0.05, 0.1) is 18.1 Å². The summed E-state index contributed by atoms with van der Waals surface area (Å²) in [5.41, 5.74) is 6.62. The van der Waals surface area contributed by atoms with Gasteiger partial charge in [0.1, 0.15) is 11.6 Å². The molecule has 0 aliphatic heterocycles. The number of amides is 3. The monoisotopic (exact) mass is 568 g/mol. The first-order valence-electron chi connectivity index (χ1n) is 12.4. The van der Waals surface area contributed by atoms with Gasteiger partial charge in [0.25, 0.3) is 11.5 Å². The van der Waals surface area contributed by atoms with Gasteiger partial charge in [0.2, 0.25) is 5.78 Å². The van der Waals surface area contributed by atoms with Crippen LogP contribution in [-0.4, -0.2) is 52.3 Å².